The van der Waals surface area contributed by atoms with E-state index in [1.165, 1.54) is 29.7 Å². The Bertz CT molecular complexity index is 1390. The van der Waals surface area contributed by atoms with Crippen LogP contribution in [0.25, 0.3) is 21.9 Å². The van der Waals surface area contributed by atoms with Gasteiger partial charge >= 0.3 is 12.1 Å². The number of hydrogen-bond acceptors (Lipinski definition) is 2. The zero-order valence-corrected chi connectivity index (χ0v) is 18.4. The minimum atomic E-state index is -4.96. The van der Waals surface area contributed by atoms with Crippen molar-refractivity contribution in [1.82, 2.24) is 0 Å². The van der Waals surface area contributed by atoms with E-state index in [0.717, 1.165) is 24.5 Å². The number of alkyl halides is 3. The summed E-state index contributed by atoms with van der Waals surface area (Å²) in [5.74, 6) is -1.99. The molecule has 0 saturated carbocycles. The molecule has 1 atom stereocenters. The van der Waals surface area contributed by atoms with Gasteiger partial charge in [-0.2, -0.15) is 13.2 Å². The Morgan fingerprint density at radius 2 is 1.71 bits per heavy atom. The highest BCUT2D eigenvalue weighted by Gasteiger charge is 2.25. The van der Waals surface area contributed by atoms with E-state index in [9.17, 15) is 31.1 Å². The van der Waals surface area contributed by atoms with Crippen LogP contribution in [0.4, 0.5) is 26.3 Å². The third-order valence-electron chi connectivity index (χ3n) is 5.79. The molecular weight excluding hydrogens is 470 g/mol. The molecule has 1 unspecified atom stereocenters. The van der Waals surface area contributed by atoms with Gasteiger partial charge in [-0.3, -0.25) is 4.79 Å². The summed E-state index contributed by atoms with van der Waals surface area (Å²) < 4.78 is 86.1. The molecule has 1 aliphatic rings. The standard InChI is InChI=1S/C27H18F6O2/c1-15-2-4-17(5-3-15)26(34)35-20-8-6-16(7-9-20)18-12-19-14-22(28)21(10-11-27(31,32)33)25(30)24(19)23(29)13-18/h2,6-9,12-14,17H,3-5H2,1H3. The largest absolute Gasteiger partial charge is 0.458 e. The zero-order chi connectivity index (χ0) is 25.3. The fraction of sp³-hybridized carbons (Fsp3) is 0.222. The molecule has 3 aromatic rings. The van der Waals surface area contributed by atoms with Crippen molar-refractivity contribution >= 4 is 16.7 Å². The summed E-state index contributed by atoms with van der Waals surface area (Å²) in [6.45, 7) is 2.01. The maximum absolute atomic E-state index is 14.8. The Kier molecular flexibility index (Phi) is 6.62. The van der Waals surface area contributed by atoms with Crippen molar-refractivity contribution in [3.63, 3.8) is 0 Å². The van der Waals surface area contributed by atoms with Gasteiger partial charge in [-0.1, -0.05) is 29.7 Å². The van der Waals surface area contributed by atoms with Crippen molar-refractivity contribution in [3.8, 4) is 28.7 Å². The molecule has 0 aliphatic heterocycles. The summed E-state index contributed by atoms with van der Waals surface area (Å²) >= 11 is 0. The minimum Gasteiger partial charge on any atom is -0.426 e. The van der Waals surface area contributed by atoms with Gasteiger partial charge in [-0.05, 0) is 73.0 Å². The predicted octanol–water partition coefficient (Wildman–Crippen LogP) is 7.49. The third kappa shape index (κ3) is 5.51. The average molecular weight is 488 g/mol. The normalized spacial score (nSPS) is 15.9. The Balaban J connectivity index is 1.60. The summed E-state index contributed by atoms with van der Waals surface area (Å²) in [6, 6.07) is 9.20. The van der Waals surface area contributed by atoms with Crippen LogP contribution in [-0.4, -0.2) is 12.1 Å². The number of ether oxygens (including phenoxy) is 1. The Hall–Kier alpha value is -3.73. The molecule has 4 rings (SSSR count). The number of esters is 1. The first-order valence-electron chi connectivity index (χ1n) is 10.7. The number of benzene rings is 3. The van der Waals surface area contributed by atoms with Crippen molar-refractivity contribution in [3.05, 3.63) is 77.1 Å². The van der Waals surface area contributed by atoms with Crippen molar-refractivity contribution in [2.24, 2.45) is 5.92 Å². The number of rotatable bonds is 3. The molecule has 0 fully saturated rings. The van der Waals surface area contributed by atoms with Gasteiger partial charge in [0, 0.05) is 5.92 Å². The SMILES string of the molecule is CC1=CCC(C(=O)Oc2ccc(-c3cc(F)c4c(F)c(C#CC(F)(F)F)c(F)cc4c3)cc2)CC1. The summed E-state index contributed by atoms with van der Waals surface area (Å²) in [7, 11) is 0. The molecular formula is C27H18F6O2. The molecule has 35 heavy (non-hydrogen) atoms. The lowest BCUT2D eigenvalue weighted by molar-refractivity contribution is -0.139. The molecule has 0 amide bonds. The van der Waals surface area contributed by atoms with E-state index in [1.54, 1.807) is 12.1 Å². The van der Waals surface area contributed by atoms with Gasteiger partial charge in [0.25, 0.3) is 0 Å². The summed E-state index contributed by atoms with van der Waals surface area (Å²) in [5.41, 5.74) is 0.833. The topological polar surface area (TPSA) is 26.3 Å². The van der Waals surface area contributed by atoms with Crippen LogP contribution < -0.4 is 4.74 Å². The van der Waals surface area contributed by atoms with E-state index in [-0.39, 0.29) is 22.8 Å². The van der Waals surface area contributed by atoms with Gasteiger partial charge in [0.1, 0.15) is 17.4 Å². The smallest absolute Gasteiger partial charge is 0.426 e. The molecule has 8 heteroatoms. The van der Waals surface area contributed by atoms with Crippen molar-refractivity contribution in [2.75, 3.05) is 0 Å². The lowest BCUT2D eigenvalue weighted by Crippen LogP contribution is -2.22. The van der Waals surface area contributed by atoms with Crippen LogP contribution >= 0.6 is 0 Å². The second kappa shape index (κ2) is 9.49. The van der Waals surface area contributed by atoms with Crippen LogP contribution in [0.15, 0.2) is 54.1 Å². The summed E-state index contributed by atoms with van der Waals surface area (Å²) in [5, 5.41) is -0.840. The number of halogens is 6. The first-order chi connectivity index (χ1) is 16.5. The minimum absolute atomic E-state index is 0.177. The van der Waals surface area contributed by atoms with Gasteiger partial charge in [-0.25, -0.2) is 13.2 Å². The summed E-state index contributed by atoms with van der Waals surface area (Å²) in [4.78, 5) is 12.4. The second-order valence-electron chi connectivity index (χ2n) is 8.32. The molecule has 1 aliphatic carbocycles. The van der Waals surface area contributed by atoms with Gasteiger partial charge in [0.05, 0.1) is 16.9 Å². The Labute approximate surface area is 197 Å². The predicted molar refractivity (Wildman–Crippen MR) is 119 cm³/mol. The van der Waals surface area contributed by atoms with E-state index >= 15 is 0 Å². The maximum atomic E-state index is 14.8. The molecule has 0 heterocycles. The highest BCUT2D eigenvalue weighted by molar-refractivity contribution is 5.90. The quantitative estimate of drug-likeness (QED) is 0.126. The molecule has 0 bridgehead atoms. The lowest BCUT2D eigenvalue weighted by atomic mass is 9.90. The monoisotopic (exact) mass is 488 g/mol. The van der Waals surface area contributed by atoms with Crippen LogP contribution in [0, 0.1) is 35.2 Å². The molecule has 0 N–H and O–H groups in total. The number of hydrogen-bond donors (Lipinski definition) is 0. The van der Waals surface area contributed by atoms with Crippen LogP contribution in [0.3, 0.4) is 0 Å². The van der Waals surface area contributed by atoms with Crippen LogP contribution in [-0.2, 0) is 4.79 Å². The molecule has 0 aromatic heterocycles. The molecule has 0 saturated heterocycles. The average Bonchev–Trinajstić information content (AvgIpc) is 2.78. The fourth-order valence-corrected chi connectivity index (χ4v) is 3.92. The highest BCUT2D eigenvalue weighted by atomic mass is 19.4. The van der Waals surface area contributed by atoms with E-state index in [0.29, 0.717) is 24.2 Å². The zero-order valence-electron chi connectivity index (χ0n) is 18.4. The van der Waals surface area contributed by atoms with Crippen LogP contribution in [0.1, 0.15) is 31.7 Å². The van der Waals surface area contributed by atoms with Crippen LogP contribution in [0.5, 0.6) is 5.75 Å². The Morgan fingerprint density at radius 1 is 1.00 bits per heavy atom. The van der Waals surface area contributed by atoms with Gasteiger partial charge in [0.2, 0.25) is 0 Å². The van der Waals surface area contributed by atoms with E-state index in [1.807, 2.05) is 13.0 Å². The first kappa shape index (κ1) is 24.4. The first-order valence-corrected chi connectivity index (χ1v) is 10.7. The number of fused-ring (bicyclic) bond motifs is 1. The molecule has 0 spiro atoms. The molecule has 0 radical (unpaired) electrons. The molecule has 3 aromatic carbocycles. The Morgan fingerprint density at radius 3 is 2.34 bits per heavy atom. The molecule has 2 nitrogen and oxygen atoms in total. The van der Waals surface area contributed by atoms with E-state index in [4.69, 9.17) is 4.74 Å². The number of carbonyl (C=O) groups is 1. The fourth-order valence-electron chi connectivity index (χ4n) is 3.92. The van der Waals surface area contributed by atoms with Crippen LogP contribution in [0.2, 0.25) is 0 Å². The third-order valence-corrected chi connectivity index (χ3v) is 5.79. The van der Waals surface area contributed by atoms with Gasteiger partial charge in [-0.15, -0.1) is 0 Å². The maximum Gasteiger partial charge on any atom is 0.458 e. The number of carbonyl (C=O) groups excluding carboxylic acids is 1. The van der Waals surface area contributed by atoms with Crippen molar-refractivity contribution in [2.45, 2.75) is 32.4 Å². The highest BCUT2D eigenvalue weighted by Crippen LogP contribution is 2.32. The van der Waals surface area contributed by atoms with Gasteiger partial charge < -0.3 is 4.74 Å². The van der Waals surface area contributed by atoms with Crippen molar-refractivity contribution < 1.29 is 35.9 Å². The second-order valence-corrected chi connectivity index (χ2v) is 8.32. The van der Waals surface area contributed by atoms with E-state index in [2.05, 4.69) is 0 Å². The summed E-state index contributed by atoms with van der Waals surface area (Å²) in [6.07, 6.45) is -0.765. The molecule has 180 valence electrons. The number of allylic oxidation sites excluding steroid dienone is 2. The van der Waals surface area contributed by atoms with E-state index < -0.39 is 34.6 Å². The lowest BCUT2D eigenvalue weighted by Gasteiger charge is -2.18. The van der Waals surface area contributed by atoms with Crippen molar-refractivity contribution in [1.29, 1.82) is 0 Å². The van der Waals surface area contributed by atoms with Gasteiger partial charge in [0.15, 0.2) is 5.82 Å².